The van der Waals surface area contributed by atoms with Gasteiger partial charge >= 0.3 is 5.91 Å². The molecule has 0 unspecified atom stereocenters. The first kappa shape index (κ1) is 10.5. The van der Waals surface area contributed by atoms with Crippen LogP contribution in [0.15, 0.2) is 74.8 Å². The number of carbonyl (C=O) groups excluding carboxylic acids is 1. The molecule has 5 heteroatoms. The predicted octanol–water partition coefficient (Wildman–Crippen LogP) is 3.76. The second kappa shape index (κ2) is 4.29. The highest BCUT2D eigenvalue weighted by Crippen LogP contribution is 2.26. The molecule has 3 rings (SSSR count). The molecule has 0 aliphatic carbocycles. The topological polar surface area (TPSA) is 66.5 Å². The van der Waals surface area contributed by atoms with Gasteiger partial charge in [-0.1, -0.05) is 36.4 Å². The lowest BCUT2D eigenvalue weighted by Gasteiger charge is -1.99. The van der Waals surface area contributed by atoms with Gasteiger partial charge in [-0.15, -0.1) is 15.3 Å². The minimum absolute atomic E-state index is 0.155. The Morgan fingerprint density at radius 3 is 2.61 bits per heavy atom. The first-order valence-corrected chi connectivity index (χ1v) is 5.39. The Bertz CT molecular complexity index is 711. The zero-order valence-electron chi connectivity index (χ0n) is 9.32. The van der Waals surface area contributed by atoms with Gasteiger partial charge in [-0.05, 0) is 11.5 Å². The third kappa shape index (κ3) is 1.82. The molecule has 0 aromatic heterocycles. The summed E-state index contributed by atoms with van der Waals surface area (Å²) >= 11 is 0. The van der Waals surface area contributed by atoms with Crippen LogP contribution in [0.5, 0.6) is 0 Å². The molecule has 0 saturated carbocycles. The summed E-state index contributed by atoms with van der Waals surface area (Å²) in [6, 6.07) is 13.6. The van der Waals surface area contributed by atoms with Crippen molar-refractivity contribution in [1.82, 2.24) is 0 Å². The summed E-state index contributed by atoms with van der Waals surface area (Å²) in [4.78, 5) is 11.2. The first-order valence-electron chi connectivity index (χ1n) is 5.39. The van der Waals surface area contributed by atoms with Gasteiger partial charge in [0.2, 0.25) is 0 Å². The minimum atomic E-state index is -0.459. The zero-order chi connectivity index (χ0) is 12.4. The van der Waals surface area contributed by atoms with Crippen LogP contribution in [0, 0.1) is 0 Å². The molecule has 0 bridgehead atoms. The highest BCUT2D eigenvalue weighted by Gasteiger charge is 2.12. The van der Waals surface area contributed by atoms with E-state index in [1.165, 1.54) is 6.20 Å². The third-order valence-corrected chi connectivity index (χ3v) is 2.58. The van der Waals surface area contributed by atoms with E-state index in [-0.39, 0.29) is 5.70 Å². The van der Waals surface area contributed by atoms with Crippen LogP contribution in [-0.2, 0) is 4.79 Å². The van der Waals surface area contributed by atoms with Gasteiger partial charge in [-0.25, -0.2) is 0 Å². The second-order valence-corrected chi connectivity index (χ2v) is 3.73. The number of hydrogen-bond donors (Lipinski definition) is 0. The average Bonchev–Trinajstić information content (AvgIpc) is 2.82. The van der Waals surface area contributed by atoms with Crippen LogP contribution in [-0.4, -0.2) is 5.91 Å². The van der Waals surface area contributed by atoms with Crippen molar-refractivity contribution >= 4 is 22.4 Å². The summed E-state index contributed by atoms with van der Waals surface area (Å²) in [5, 5.41) is 16.8. The quantitative estimate of drug-likeness (QED) is 0.732. The van der Waals surface area contributed by atoms with Crippen LogP contribution in [0.4, 0.5) is 5.69 Å². The van der Waals surface area contributed by atoms with Gasteiger partial charge in [0.15, 0.2) is 5.70 Å². The Morgan fingerprint density at radius 1 is 0.944 bits per heavy atom. The molecule has 0 fully saturated rings. The smallest absolute Gasteiger partial charge is 0.263 e. The van der Waals surface area contributed by atoms with Crippen molar-refractivity contribution in [3.63, 3.8) is 0 Å². The summed E-state index contributed by atoms with van der Waals surface area (Å²) in [6.07, 6.45) is 1.30. The monoisotopic (exact) mass is 236 g/mol. The molecule has 0 N–H and O–H groups in total. The van der Waals surface area contributed by atoms with E-state index in [9.17, 15) is 4.79 Å². The Labute approximate surface area is 103 Å². The fourth-order valence-corrected chi connectivity index (χ4v) is 1.71. The summed E-state index contributed by atoms with van der Waals surface area (Å²) in [5.41, 5.74) is 0.872. The Kier molecular flexibility index (Phi) is 2.49. The summed E-state index contributed by atoms with van der Waals surface area (Å²) in [6.45, 7) is 0. The molecule has 2 aromatic rings. The van der Waals surface area contributed by atoms with Gasteiger partial charge in [0, 0.05) is 5.39 Å². The molecule has 18 heavy (non-hydrogen) atoms. The molecule has 1 aliphatic heterocycles. The van der Waals surface area contributed by atoms with E-state index in [2.05, 4.69) is 20.5 Å². The maximum Gasteiger partial charge on any atom is 0.317 e. The fraction of sp³-hybridized carbons (Fsp3) is 0. The number of hydrogen-bond acceptors (Lipinski definition) is 4. The normalized spacial score (nSPS) is 14.7. The van der Waals surface area contributed by atoms with E-state index >= 15 is 0 Å². The van der Waals surface area contributed by atoms with Gasteiger partial charge in [0.25, 0.3) is 0 Å². The molecule has 5 nitrogen and oxygen atoms in total. The van der Waals surface area contributed by atoms with Crippen molar-refractivity contribution in [3.05, 3.63) is 54.4 Å². The maximum absolute atomic E-state index is 11.2. The highest BCUT2D eigenvalue weighted by molar-refractivity contribution is 5.95. The maximum atomic E-state index is 11.2. The Morgan fingerprint density at radius 2 is 1.78 bits per heavy atom. The Hall–Kier alpha value is -2.69. The van der Waals surface area contributed by atoms with Gasteiger partial charge < -0.3 is 0 Å². The minimum Gasteiger partial charge on any atom is -0.263 e. The summed E-state index contributed by atoms with van der Waals surface area (Å²) in [7, 11) is 0. The lowest BCUT2D eigenvalue weighted by atomic mass is 10.1. The van der Waals surface area contributed by atoms with E-state index in [1.807, 2.05) is 42.5 Å². The van der Waals surface area contributed by atoms with Gasteiger partial charge in [0.1, 0.15) is 0 Å². The first-order chi connectivity index (χ1) is 8.84. The van der Waals surface area contributed by atoms with Crippen molar-refractivity contribution in [2.45, 2.75) is 0 Å². The van der Waals surface area contributed by atoms with Crippen molar-refractivity contribution in [2.75, 3.05) is 0 Å². The van der Waals surface area contributed by atoms with Gasteiger partial charge in [-0.2, -0.15) is 5.11 Å². The lowest BCUT2D eigenvalue weighted by Crippen LogP contribution is -1.88. The largest absolute Gasteiger partial charge is 0.317 e. The number of benzene rings is 2. The van der Waals surface area contributed by atoms with Gasteiger partial charge in [-0.3, -0.25) is 4.79 Å². The van der Waals surface area contributed by atoms with Crippen LogP contribution in [0.1, 0.15) is 0 Å². The molecule has 0 radical (unpaired) electrons. The molecular weight excluding hydrogens is 228 g/mol. The van der Waals surface area contributed by atoms with Crippen LogP contribution in [0.2, 0.25) is 0 Å². The number of nitrogens with zero attached hydrogens (tertiary/aromatic N) is 4. The Balaban J connectivity index is 2.01. The van der Waals surface area contributed by atoms with E-state index in [0.717, 1.165) is 10.8 Å². The standard InChI is InChI=1S/C13H8N4O/c18-13-12(8-14-17-13)16-15-11-7-3-5-9-4-1-2-6-10(9)11/h1-8H. The lowest BCUT2D eigenvalue weighted by molar-refractivity contribution is -0.114. The SMILES string of the molecule is O=C1N=NC=C1N=Nc1cccc2ccccc12. The number of fused-ring (bicyclic) bond motifs is 1. The summed E-state index contributed by atoms with van der Waals surface area (Å²) in [5.74, 6) is -0.459. The predicted molar refractivity (Wildman–Crippen MR) is 66.4 cm³/mol. The molecular formula is C13H8N4O. The highest BCUT2D eigenvalue weighted by atomic mass is 16.2. The average molecular weight is 236 g/mol. The molecule has 0 atom stereocenters. The molecule has 0 spiro atoms. The zero-order valence-corrected chi connectivity index (χ0v) is 9.32. The van der Waals surface area contributed by atoms with Crippen molar-refractivity contribution in [3.8, 4) is 0 Å². The van der Waals surface area contributed by atoms with Gasteiger partial charge in [0.05, 0.1) is 11.9 Å². The fourth-order valence-electron chi connectivity index (χ4n) is 1.71. The number of rotatable bonds is 2. The van der Waals surface area contributed by atoms with Crippen LogP contribution >= 0.6 is 0 Å². The molecule has 1 heterocycles. The van der Waals surface area contributed by atoms with Crippen molar-refractivity contribution < 1.29 is 4.79 Å². The molecule has 86 valence electrons. The summed E-state index contributed by atoms with van der Waals surface area (Å²) < 4.78 is 0. The number of amides is 1. The molecule has 2 aromatic carbocycles. The molecule has 1 aliphatic rings. The second-order valence-electron chi connectivity index (χ2n) is 3.73. The van der Waals surface area contributed by atoms with E-state index in [1.54, 1.807) is 0 Å². The molecule has 0 saturated heterocycles. The van der Waals surface area contributed by atoms with Crippen molar-refractivity contribution in [1.29, 1.82) is 0 Å². The van der Waals surface area contributed by atoms with E-state index in [0.29, 0.717) is 5.69 Å². The number of carbonyl (C=O) groups is 1. The van der Waals surface area contributed by atoms with E-state index in [4.69, 9.17) is 0 Å². The van der Waals surface area contributed by atoms with Crippen LogP contribution in [0.25, 0.3) is 10.8 Å². The molecule has 1 amide bonds. The van der Waals surface area contributed by atoms with Crippen LogP contribution in [0.3, 0.4) is 0 Å². The van der Waals surface area contributed by atoms with Crippen molar-refractivity contribution in [2.24, 2.45) is 20.5 Å². The third-order valence-electron chi connectivity index (χ3n) is 2.58. The van der Waals surface area contributed by atoms with E-state index < -0.39 is 5.91 Å². The number of azo groups is 2. The van der Waals surface area contributed by atoms with Crippen LogP contribution < -0.4 is 0 Å².